The van der Waals surface area contributed by atoms with Crippen LogP contribution >= 0.6 is 0 Å². The highest BCUT2D eigenvalue weighted by Crippen LogP contribution is 2.35. The molecular weight excluding hydrogens is 434 g/mol. The van der Waals surface area contributed by atoms with E-state index in [1.54, 1.807) is 23.7 Å². The maximum Gasteiger partial charge on any atom is 0.252 e. The predicted molar refractivity (Wildman–Crippen MR) is 139 cm³/mol. The minimum atomic E-state index is -0.0762. The normalized spacial score (nSPS) is 18.7. The molecule has 0 bridgehead atoms. The molecule has 0 spiro atoms. The quantitative estimate of drug-likeness (QED) is 0.446. The van der Waals surface area contributed by atoms with Crippen LogP contribution in [0.3, 0.4) is 0 Å². The Morgan fingerprint density at radius 1 is 0.914 bits per heavy atom. The zero-order valence-electron chi connectivity index (χ0n) is 20.3. The van der Waals surface area contributed by atoms with Gasteiger partial charge in [0.25, 0.3) is 5.56 Å². The first-order chi connectivity index (χ1) is 17.0. The number of nitriles is 1. The molecule has 0 unspecified atom stereocenters. The summed E-state index contributed by atoms with van der Waals surface area (Å²) < 4.78 is 1.60. The minimum absolute atomic E-state index is 0.0762. The first kappa shape index (κ1) is 22.8. The van der Waals surface area contributed by atoms with Crippen LogP contribution in [-0.2, 0) is 7.05 Å². The van der Waals surface area contributed by atoms with Crippen LogP contribution in [0.25, 0.3) is 11.0 Å². The van der Waals surface area contributed by atoms with E-state index in [1.165, 1.54) is 11.1 Å². The van der Waals surface area contributed by atoms with Crippen molar-refractivity contribution in [3.8, 4) is 6.07 Å². The van der Waals surface area contributed by atoms with Crippen molar-refractivity contribution in [3.63, 3.8) is 0 Å². The number of anilines is 1. The lowest BCUT2D eigenvalue weighted by Crippen LogP contribution is -2.57. The highest BCUT2D eigenvalue weighted by atomic mass is 16.1. The summed E-state index contributed by atoms with van der Waals surface area (Å²) in [5.41, 5.74) is 5.05. The van der Waals surface area contributed by atoms with Crippen LogP contribution < -0.4 is 10.5 Å². The average molecular weight is 464 g/mol. The number of fused-ring (bicyclic) bond motifs is 1. The number of aromatic nitrogens is 2. The van der Waals surface area contributed by atoms with E-state index < -0.39 is 0 Å². The molecule has 0 amide bonds. The van der Waals surface area contributed by atoms with Crippen LogP contribution in [0.1, 0.15) is 36.7 Å². The van der Waals surface area contributed by atoms with Gasteiger partial charge >= 0.3 is 0 Å². The van der Waals surface area contributed by atoms with Gasteiger partial charge < -0.3 is 9.47 Å². The Labute approximate surface area is 205 Å². The molecule has 5 rings (SSSR count). The van der Waals surface area contributed by atoms with E-state index in [0.29, 0.717) is 11.2 Å². The highest BCUT2D eigenvalue weighted by molar-refractivity contribution is 5.89. The molecule has 2 aromatic heterocycles. The van der Waals surface area contributed by atoms with Crippen LogP contribution in [-0.4, -0.2) is 39.6 Å². The fourth-order valence-electron chi connectivity index (χ4n) is 5.29. The van der Waals surface area contributed by atoms with Crippen LogP contribution in [0.15, 0.2) is 83.7 Å². The second-order valence-corrected chi connectivity index (χ2v) is 9.37. The number of benzene rings is 2. The number of hydrogen-bond acceptors (Lipinski definition) is 5. The maximum absolute atomic E-state index is 12.8. The Morgan fingerprint density at radius 3 is 2.14 bits per heavy atom. The van der Waals surface area contributed by atoms with Crippen molar-refractivity contribution in [2.24, 2.45) is 7.05 Å². The first-order valence-electron chi connectivity index (χ1n) is 12.0. The van der Waals surface area contributed by atoms with Gasteiger partial charge in [0.15, 0.2) is 0 Å². The van der Waals surface area contributed by atoms with E-state index in [4.69, 9.17) is 0 Å². The lowest BCUT2D eigenvalue weighted by atomic mass is 9.93. The molecule has 3 heterocycles. The minimum Gasteiger partial charge on any atom is -0.364 e. The smallest absolute Gasteiger partial charge is 0.252 e. The summed E-state index contributed by atoms with van der Waals surface area (Å²) in [4.78, 5) is 22.3. The molecule has 0 saturated carbocycles. The Balaban J connectivity index is 1.55. The third-order valence-electron chi connectivity index (χ3n) is 7.09. The third-order valence-corrected chi connectivity index (χ3v) is 7.09. The van der Waals surface area contributed by atoms with Crippen molar-refractivity contribution in [1.29, 1.82) is 5.26 Å². The summed E-state index contributed by atoms with van der Waals surface area (Å²) in [7, 11) is 1.75. The molecule has 1 fully saturated rings. The lowest BCUT2D eigenvalue weighted by Gasteiger charge is -2.48. The van der Waals surface area contributed by atoms with E-state index >= 15 is 0 Å². The van der Waals surface area contributed by atoms with E-state index in [2.05, 4.69) is 95.4 Å². The Kier molecular flexibility index (Phi) is 6.10. The number of nitrogens with zero attached hydrogens (tertiary/aromatic N) is 5. The Hall–Kier alpha value is -3.95. The SMILES string of the molecule is C[C@@H]1CN(c2cc(=O)n(C)c3ccc(C#N)nc23)[C@@H](C)CN1C(c1ccccc1)c1ccccc1. The van der Waals surface area contributed by atoms with E-state index in [-0.39, 0.29) is 23.7 Å². The number of aryl methyl sites for hydroxylation is 1. The average Bonchev–Trinajstić information content (AvgIpc) is 2.89. The number of rotatable bonds is 4. The molecule has 176 valence electrons. The lowest BCUT2D eigenvalue weighted by molar-refractivity contribution is 0.130. The van der Waals surface area contributed by atoms with Crippen molar-refractivity contribution >= 4 is 16.7 Å². The second-order valence-electron chi connectivity index (χ2n) is 9.37. The van der Waals surface area contributed by atoms with Crippen LogP contribution in [0.2, 0.25) is 0 Å². The van der Waals surface area contributed by atoms with E-state index in [9.17, 15) is 10.1 Å². The molecule has 0 N–H and O–H groups in total. The molecule has 35 heavy (non-hydrogen) atoms. The van der Waals surface area contributed by atoms with Crippen LogP contribution in [0.5, 0.6) is 0 Å². The van der Waals surface area contributed by atoms with Crippen LogP contribution in [0, 0.1) is 11.3 Å². The van der Waals surface area contributed by atoms with Crippen molar-refractivity contribution in [2.45, 2.75) is 32.0 Å². The highest BCUT2D eigenvalue weighted by Gasteiger charge is 2.35. The summed E-state index contributed by atoms with van der Waals surface area (Å²) in [6.07, 6.45) is 0. The molecule has 6 heteroatoms. The standard InChI is InChI=1S/C29H29N5O/c1-20-19-34(29(22-10-6-4-7-11-22)23-12-8-5-9-13-23)21(2)18-33(20)26-16-27(35)32(3)25-15-14-24(17-30)31-28(25)26/h4-16,20-21,29H,18-19H2,1-3H3/t20-,21+/m0/s1. The van der Waals surface area contributed by atoms with Crippen molar-refractivity contribution in [2.75, 3.05) is 18.0 Å². The molecule has 1 saturated heterocycles. The zero-order chi connectivity index (χ0) is 24.5. The fraction of sp³-hybridized carbons (Fsp3) is 0.276. The predicted octanol–water partition coefficient (Wildman–Crippen LogP) is 4.49. The molecular formula is C29H29N5O. The third kappa shape index (κ3) is 4.20. The topological polar surface area (TPSA) is 65.2 Å². The monoisotopic (exact) mass is 463 g/mol. The fourth-order valence-corrected chi connectivity index (χ4v) is 5.29. The summed E-state index contributed by atoms with van der Waals surface area (Å²) in [5, 5.41) is 9.43. The van der Waals surface area contributed by atoms with Gasteiger partial charge in [0, 0.05) is 38.3 Å². The first-order valence-corrected chi connectivity index (χ1v) is 12.0. The Morgan fingerprint density at radius 2 is 1.54 bits per heavy atom. The second kappa shape index (κ2) is 9.36. The molecule has 6 nitrogen and oxygen atoms in total. The van der Waals surface area contributed by atoms with Gasteiger partial charge in [0.1, 0.15) is 17.3 Å². The van der Waals surface area contributed by atoms with E-state index in [1.807, 2.05) is 6.07 Å². The molecule has 0 radical (unpaired) electrons. The largest absolute Gasteiger partial charge is 0.364 e. The zero-order valence-corrected chi connectivity index (χ0v) is 20.3. The van der Waals surface area contributed by atoms with Gasteiger partial charge in [-0.15, -0.1) is 0 Å². The molecule has 2 aromatic carbocycles. The molecule has 1 aliphatic heterocycles. The van der Waals surface area contributed by atoms with Crippen molar-refractivity contribution in [3.05, 3.63) is 106 Å². The Bertz CT molecular complexity index is 1400. The van der Waals surface area contributed by atoms with Gasteiger partial charge in [-0.25, -0.2) is 4.98 Å². The molecule has 0 aliphatic carbocycles. The summed E-state index contributed by atoms with van der Waals surface area (Å²) >= 11 is 0. The number of hydrogen-bond donors (Lipinski definition) is 0. The molecule has 4 aromatic rings. The van der Waals surface area contributed by atoms with Gasteiger partial charge in [-0.1, -0.05) is 60.7 Å². The summed E-state index contributed by atoms with van der Waals surface area (Å²) in [6, 6.07) is 29.1. The van der Waals surface area contributed by atoms with Crippen LogP contribution in [0.4, 0.5) is 5.69 Å². The number of pyridine rings is 2. The van der Waals surface area contributed by atoms with Gasteiger partial charge in [0.2, 0.25) is 0 Å². The van der Waals surface area contributed by atoms with Crippen molar-refractivity contribution in [1.82, 2.24) is 14.5 Å². The maximum atomic E-state index is 12.8. The van der Waals surface area contributed by atoms with Crippen molar-refractivity contribution < 1.29 is 0 Å². The molecule has 1 aliphatic rings. The van der Waals surface area contributed by atoms with Gasteiger partial charge in [-0.05, 0) is 37.1 Å². The van der Waals surface area contributed by atoms with E-state index in [0.717, 1.165) is 24.3 Å². The molecule has 2 atom stereocenters. The van der Waals surface area contributed by atoms with Gasteiger partial charge in [0.05, 0.1) is 17.2 Å². The van der Waals surface area contributed by atoms with Gasteiger partial charge in [-0.3, -0.25) is 9.69 Å². The summed E-state index contributed by atoms with van der Waals surface area (Å²) in [6.45, 7) is 6.01. The number of piperazine rings is 1. The summed E-state index contributed by atoms with van der Waals surface area (Å²) in [5.74, 6) is 0. The van der Waals surface area contributed by atoms with Gasteiger partial charge in [-0.2, -0.15) is 5.26 Å².